The molecule has 6 heteroatoms. The van der Waals surface area contributed by atoms with Crippen LogP contribution in [0.25, 0.3) is 16.3 Å². The molecular weight excluding hydrogens is 332 g/mol. The molecule has 0 saturated carbocycles. The Morgan fingerprint density at radius 3 is 2.15 bits per heavy atom. The Bertz CT molecular complexity index is 1000. The number of carbonyl (C=O) groups is 2. The van der Waals surface area contributed by atoms with Crippen molar-refractivity contribution in [1.82, 2.24) is 9.61 Å². The molecule has 0 unspecified atom stereocenters. The standard InChI is InChI=1S/C20H22N2O4/c1-11(2)25-19(23)16-13(5)22-18(17(16)20(24)26-12(3)4)15-9-7-6-8-14(15)10-21-22/h6-12H,1-5H3. The van der Waals surface area contributed by atoms with Crippen molar-refractivity contribution in [3.63, 3.8) is 0 Å². The van der Waals surface area contributed by atoms with E-state index in [1.54, 1.807) is 45.3 Å². The molecule has 2 aromatic heterocycles. The maximum Gasteiger partial charge on any atom is 0.341 e. The van der Waals surface area contributed by atoms with Crippen LogP contribution in [-0.4, -0.2) is 33.8 Å². The van der Waals surface area contributed by atoms with E-state index in [4.69, 9.17) is 9.47 Å². The van der Waals surface area contributed by atoms with E-state index in [0.29, 0.717) is 11.2 Å². The minimum absolute atomic E-state index is 0.200. The van der Waals surface area contributed by atoms with E-state index < -0.39 is 11.9 Å². The van der Waals surface area contributed by atoms with Gasteiger partial charge in [-0.2, -0.15) is 5.10 Å². The zero-order valence-electron chi connectivity index (χ0n) is 15.6. The van der Waals surface area contributed by atoms with Gasteiger partial charge in [0.15, 0.2) is 0 Å². The van der Waals surface area contributed by atoms with Crippen molar-refractivity contribution in [3.05, 3.63) is 47.3 Å². The molecule has 0 bridgehead atoms. The first kappa shape index (κ1) is 17.9. The summed E-state index contributed by atoms with van der Waals surface area (Å²) in [5.41, 5.74) is 1.51. The number of ether oxygens (including phenoxy) is 2. The van der Waals surface area contributed by atoms with E-state index in [1.807, 2.05) is 24.3 Å². The molecule has 0 spiro atoms. The van der Waals surface area contributed by atoms with Gasteiger partial charge < -0.3 is 9.47 Å². The average molecular weight is 354 g/mol. The minimum Gasteiger partial charge on any atom is -0.459 e. The molecule has 0 N–H and O–H groups in total. The fourth-order valence-electron chi connectivity index (χ4n) is 3.01. The van der Waals surface area contributed by atoms with Crippen molar-refractivity contribution in [2.24, 2.45) is 0 Å². The maximum absolute atomic E-state index is 12.9. The molecule has 2 heterocycles. The summed E-state index contributed by atoms with van der Waals surface area (Å²) in [6.07, 6.45) is 1.10. The predicted molar refractivity (Wildman–Crippen MR) is 98.5 cm³/mol. The molecule has 6 nitrogen and oxygen atoms in total. The number of hydrogen-bond acceptors (Lipinski definition) is 5. The lowest BCUT2D eigenvalue weighted by Crippen LogP contribution is -2.18. The first-order valence-corrected chi connectivity index (χ1v) is 8.62. The van der Waals surface area contributed by atoms with Crippen LogP contribution in [0.1, 0.15) is 54.1 Å². The van der Waals surface area contributed by atoms with Gasteiger partial charge >= 0.3 is 11.9 Å². The van der Waals surface area contributed by atoms with Crippen LogP contribution in [0.4, 0.5) is 0 Å². The molecule has 136 valence electrons. The molecule has 0 aliphatic carbocycles. The Morgan fingerprint density at radius 2 is 1.54 bits per heavy atom. The van der Waals surface area contributed by atoms with Crippen LogP contribution in [0.3, 0.4) is 0 Å². The molecule has 0 atom stereocenters. The second-order valence-electron chi connectivity index (χ2n) is 6.74. The monoisotopic (exact) mass is 354 g/mol. The highest BCUT2D eigenvalue weighted by Gasteiger charge is 2.30. The van der Waals surface area contributed by atoms with E-state index in [2.05, 4.69) is 5.10 Å². The third-order valence-corrected chi connectivity index (χ3v) is 4.00. The summed E-state index contributed by atoms with van der Waals surface area (Å²) in [4.78, 5) is 25.6. The van der Waals surface area contributed by atoms with Gasteiger partial charge in [0.1, 0.15) is 5.56 Å². The van der Waals surface area contributed by atoms with Gasteiger partial charge in [0, 0.05) is 10.8 Å². The quantitative estimate of drug-likeness (QED) is 0.664. The Hall–Kier alpha value is -2.89. The second-order valence-corrected chi connectivity index (χ2v) is 6.74. The van der Waals surface area contributed by atoms with Crippen molar-refractivity contribution in [1.29, 1.82) is 0 Å². The lowest BCUT2D eigenvalue weighted by Gasteiger charge is -2.11. The summed E-state index contributed by atoms with van der Waals surface area (Å²) in [7, 11) is 0. The summed E-state index contributed by atoms with van der Waals surface area (Å²) >= 11 is 0. The van der Waals surface area contributed by atoms with Crippen LogP contribution in [0.15, 0.2) is 30.5 Å². The van der Waals surface area contributed by atoms with Crippen LogP contribution >= 0.6 is 0 Å². The maximum atomic E-state index is 12.9. The van der Waals surface area contributed by atoms with Gasteiger partial charge in [-0.25, -0.2) is 14.1 Å². The number of nitrogens with zero attached hydrogens (tertiary/aromatic N) is 2. The highest BCUT2D eigenvalue weighted by molar-refractivity contribution is 6.15. The summed E-state index contributed by atoms with van der Waals surface area (Å²) in [5, 5.41) is 6.11. The number of aromatic nitrogens is 2. The third-order valence-electron chi connectivity index (χ3n) is 4.00. The van der Waals surface area contributed by atoms with Crippen molar-refractivity contribution >= 4 is 28.2 Å². The van der Waals surface area contributed by atoms with Crippen LogP contribution in [0.2, 0.25) is 0 Å². The topological polar surface area (TPSA) is 69.9 Å². The van der Waals surface area contributed by atoms with Gasteiger partial charge in [0.05, 0.1) is 35.2 Å². The molecule has 1 aromatic carbocycles. The van der Waals surface area contributed by atoms with Gasteiger partial charge in [-0.15, -0.1) is 0 Å². The zero-order valence-corrected chi connectivity index (χ0v) is 15.6. The van der Waals surface area contributed by atoms with Crippen molar-refractivity contribution in [3.8, 4) is 0 Å². The number of benzene rings is 1. The second kappa shape index (κ2) is 6.78. The van der Waals surface area contributed by atoms with Gasteiger partial charge in [0.2, 0.25) is 0 Å². The molecule has 3 aromatic rings. The molecule has 3 rings (SSSR count). The number of fused-ring (bicyclic) bond motifs is 3. The highest BCUT2D eigenvalue weighted by atomic mass is 16.5. The first-order chi connectivity index (χ1) is 12.3. The Kier molecular flexibility index (Phi) is 4.68. The summed E-state index contributed by atoms with van der Waals surface area (Å²) in [6.45, 7) is 8.82. The van der Waals surface area contributed by atoms with E-state index >= 15 is 0 Å². The number of rotatable bonds is 4. The Balaban J connectivity index is 2.38. The lowest BCUT2D eigenvalue weighted by atomic mass is 10.1. The summed E-state index contributed by atoms with van der Waals surface area (Å²) in [6, 6.07) is 7.59. The zero-order chi connectivity index (χ0) is 19.0. The van der Waals surface area contributed by atoms with Gasteiger partial charge in [-0.05, 0) is 34.6 Å². The van der Waals surface area contributed by atoms with Crippen molar-refractivity contribution in [2.75, 3.05) is 0 Å². The normalized spacial score (nSPS) is 11.5. The van der Waals surface area contributed by atoms with E-state index in [1.165, 1.54) is 0 Å². The minimum atomic E-state index is -0.556. The van der Waals surface area contributed by atoms with Gasteiger partial charge in [0.25, 0.3) is 0 Å². The van der Waals surface area contributed by atoms with Crippen molar-refractivity contribution in [2.45, 2.75) is 46.8 Å². The summed E-state index contributed by atoms with van der Waals surface area (Å²) < 4.78 is 12.4. The van der Waals surface area contributed by atoms with Gasteiger partial charge in [-0.1, -0.05) is 24.3 Å². The fraction of sp³-hybridized carbons (Fsp3) is 0.350. The summed E-state index contributed by atoms with van der Waals surface area (Å²) in [5.74, 6) is -1.11. The highest BCUT2D eigenvalue weighted by Crippen LogP contribution is 2.30. The Morgan fingerprint density at radius 1 is 0.962 bits per heavy atom. The van der Waals surface area contributed by atoms with Crippen molar-refractivity contribution < 1.29 is 19.1 Å². The fourth-order valence-corrected chi connectivity index (χ4v) is 3.01. The molecule has 0 aliphatic rings. The number of carbonyl (C=O) groups excluding carboxylic acids is 2. The average Bonchev–Trinajstić information content (AvgIpc) is 2.87. The third kappa shape index (κ3) is 3.03. The molecule has 0 aliphatic heterocycles. The smallest absolute Gasteiger partial charge is 0.341 e. The van der Waals surface area contributed by atoms with E-state index in [0.717, 1.165) is 10.8 Å². The van der Waals surface area contributed by atoms with Crippen LogP contribution in [0.5, 0.6) is 0 Å². The van der Waals surface area contributed by atoms with E-state index in [-0.39, 0.29) is 23.3 Å². The predicted octanol–water partition coefficient (Wildman–Crippen LogP) is 3.93. The SMILES string of the molecule is Cc1c(C(=O)OC(C)C)c(C(=O)OC(C)C)c2c3ccccc3cnn12. The molecule has 0 amide bonds. The molecule has 0 saturated heterocycles. The number of hydrogen-bond donors (Lipinski definition) is 0. The van der Waals surface area contributed by atoms with Crippen LogP contribution in [0, 0.1) is 6.92 Å². The lowest BCUT2D eigenvalue weighted by molar-refractivity contribution is 0.0330. The molecule has 0 radical (unpaired) electrons. The molecule has 0 fully saturated rings. The molecule has 26 heavy (non-hydrogen) atoms. The van der Waals surface area contributed by atoms with Crippen LogP contribution < -0.4 is 0 Å². The first-order valence-electron chi connectivity index (χ1n) is 8.62. The van der Waals surface area contributed by atoms with Crippen LogP contribution in [-0.2, 0) is 9.47 Å². The number of aryl methyl sites for hydroxylation is 1. The largest absolute Gasteiger partial charge is 0.459 e. The Labute approximate surface area is 151 Å². The van der Waals surface area contributed by atoms with Gasteiger partial charge in [-0.3, -0.25) is 0 Å². The number of esters is 2. The van der Waals surface area contributed by atoms with E-state index in [9.17, 15) is 9.59 Å². The molecular formula is C20H22N2O4.